The summed E-state index contributed by atoms with van der Waals surface area (Å²) in [7, 11) is 3.71. The van der Waals surface area contributed by atoms with Gasteiger partial charge in [0.15, 0.2) is 0 Å². The van der Waals surface area contributed by atoms with Gasteiger partial charge < -0.3 is 14.4 Å². The maximum Gasteiger partial charge on any atom is 0.417 e. The number of hydrogen-bond donors (Lipinski definition) is 0. The largest absolute Gasteiger partial charge is 0.456 e. The highest BCUT2D eigenvalue weighted by molar-refractivity contribution is 6.29. The van der Waals surface area contributed by atoms with Gasteiger partial charge in [0, 0.05) is 6.54 Å². The van der Waals surface area contributed by atoms with Crippen molar-refractivity contribution >= 4 is 11.9 Å². The molecule has 5 nitrogen and oxygen atoms in total. The van der Waals surface area contributed by atoms with Crippen LogP contribution in [0.15, 0.2) is 0 Å². The van der Waals surface area contributed by atoms with Gasteiger partial charge in [-0.2, -0.15) is 0 Å². The second kappa shape index (κ2) is 6.59. The quantitative estimate of drug-likeness (QED) is 0.548. The number of ether oxygens (including phenoxy) is 2. The first-order valence-electron chi connectivity index (χ1n) is 5.67. The summed E-state index contributed by atoms with van der Waals surface area (Å²) in [5, 5.41) is 0. The van der Waals surface area contributed by atoms with Gasteiger partial charge in [-0.15, -0.1) is 0 Å². The van der Waals surface area contributed by atoms with E-state index in [1.54, 1.807) is 6.92 Å². The minimum absolute atomic E-state index is 0.185. The van der Waals surface area contributed by atoms with Crippen molar-refractivity contribution in [2.45, 2.75) is 33.8 Å². The van der Waals surface area contributed by atoms with E-state index in [4.69, 9.17) is 9.47 Å². The van der Waals surface area contributed by atoms with Gasteiger partial charge in [0.1, 0.15) is 12.7 Å². The molecule has 0 aromatic carbocycles. The predicted molar refractivity (Wildman–Crippen MR) is 64.5 cm³/mol. The molecule has 0 radical (unpaired) electrons. The average Bonchev–Trinajstić information content (AvgIpc) is 2.15. The summed E-state index contributed by atoms with van der Waals surface area (Å²) in [5.74, 6) is -1.85. The third-order valence-electron chi connectivity index (χ3n) is 2.44. The summed E-state index contributed by atoms with van der Waals surface area (Å²) in [4.78, 5) is 24.5. The molecule has 0 bridgehead atoms. The van der Waals surface area contributed by atoms with Crippen LogP contribution in [0.3, 0.4) is 0 Å². The molecule has 0 rings (SSSR count). The average molecular weight is 245 g/mol. The summed E-state index contributed by atoms with van der Waals surface area (Å²) in [6.07, 6.45) is -0.337. The Morgan fingerprint density at radius 2 is 1.71 bits per heavy atom. The van der Waals surface area contributed by atoms with Crippen molar-refractivity contribution in [1.82, 2.24) is 4.90 Å². The molecular formula is C12H23NO4. The molecule has 0 saturated carbocycles. The Kier molecular flexibility index (Phi) is 6.16. The molecule has 0 spiro atoms. The van der Waals surface area contributed by atoms with Gasteiger partial charge in [-0.05, 0) is 26.4 Å². The van der Waals surface area contributed by atoms with Crippen LogP contribution in [0.1, 0.15) is 27.7 Å². The van der Waals surface area contributed by atoms with Crippen LogP contribution in [-0.4, -0.2) is 50.2 Å². The highest BCUT2D eigenvalue weighted by Crippen LogP contribution is 2.21. The van der Waals surface area contributed by atoms with Gasteiger partial charge in [-0.25, -0.2) is 9.59 Å². The number of carbonyl (C=O) groups is 2. The van der Waals surface area contributed by atoms with E-state index in [1.165, 1.54) is 0 Å². The molecule has 0 aromatic rings. The first kappa shape index (κ1) is 15.9. The fraction of sp³-hybridized carbons (Fsp3) is 0.833. The Balaban J connectivity index is 4.03. The summed E-state index contributed by atoms with van der Waals surface area (Å²) < 4.78 is 9.78. The van der Waals surface area contributed by atoms with Crippen LogP contribution in [0.25, 0.3) is 0 Å². The van der Waals surface area contributed by atoms with Crippen molar-refractivity contribution in [3.63, 3.8) is 0 Å². The molecule has 0 aliphatic rings. The van der Waals surface area contributed by atoms with Crippen LogP contribution in [0.4, 0.5) is 0 Å². The molecule has 5 heteroatoms. The lowest BCUT2D eigenvalue weighted by Gasteiger charge is -2.26. The molecular weight excluding hydrogens is 222 g/mol. The summed E-state index contributed by atoms with van der Waals surface area (Å²) in [5.41, 5.74) is -0.195. The van der Waals surface area contributed by atoms with Crippen LogP contribution in [-0.2, 0) is 19.1 Å². The number of hydrogen-bond acceptors (Lipinski definition) is 5. The van der Waals surface area contributed by atoms with Crippen LogP contribution < -0.4 is 0 Å². The van der Waals surface area contributed by atoms with Crippen molar-refractivity contribution in [2.75, 3.05) is 27.2 Å². The van der Waals surface area contributed by atoms with Crippen LogP contribution in [0.2, 0.25) is 0 Å². The molecule has 0 N–H and O–H groups in total. The summed E-state index contributed by atoms with van der Waals surface area (Å²) in [6.45, 7) is 8.32. The molecule has 0 saturated heterocycles. The number of rotatable bonds is 4. The normalized spacial score (nSPS) is 13.4. The molecule has 0 aliphatic carbocycles. The second-order valence-corrected chi connectivity index (χ2v) is 5.35. The van der Waals surface area contributed by atoms with Gasteiger partial charge in [-0.3, -0.25) is 0 Å². The Hall–Kier alpha value is -1.10. The lowest BCUT2D eigenvalue weighted by molar-refractivity contribution is -0.173. The van der Waals surface area contributed by atoms with Crippen molar-refractivity contribution < 1.29 is 19.1 Å². The number of nitrogens with zero attached hydrogens (tertiary/aromatic N) is 1. The molecule has 0 aromatic heterocycles. The number of esters is 2. The molecule has 0 heterocycles. The fourth-order valence-corrected chi connectivity index (χ4v) is 0.765. The fourth-order valence-electron chi connectivity index (χ4n) is 0.765. The maximum atomic E-state index is 11.4. The topological polar surface area (TPSA) is 55.8 Å². The van der Waals surface area contributed by atoms with Crippen molar-refractivity contribution in [3.05, 3.63) is 0 Å². The van der Waals surface area contributed by atoms with Gasteiger partial charge in [0.2, 0.25) is 0 Å². The lowest BCUT2D eigenvalue weighted by atomic mass is 9.90. The zero-order valence-electron chi connectivity index (χ0n) is 11.6. The van der Waals surface area contributed by atoms with Crippen LogP contribution in [0, 0.1) is 5.41 Å². The number of carbonyl (C=O) groups excluding carboxylic acids is 2. The Morgan fingerprint density at radius 1 is 1.18 bits per heavy atom. The molecule has 0 aliphatic heterocycles. The Labute approximate surface area is 103 Å². The van der Waals surface area contributed by atoms with E-state index in [0.29, 0.717) is 6.54 Å². The van der Waals surface area contributed by atoms with Crippen molar-refractivity contribution in [1.29, 1.82) is 0 Å². The standard InChI is InChI=1S/C12H23NO4/c1-9(12(2,3)4)17-11(15)10(14)16-8-7-13(5)6/h9H,7-8H2,1-6H3/t9-/m1/s1. The third kappa shape index (κ3) is 6.94. The highest BCUT2D eigenvalue weighted by Gasteiger charge is 2.27. The number of likely N-dealkylation sites (N-methyl/N-ethyl adjacent to an activating group) is 1. The molecule has 1 atom stereocenters. The summed E-state index contributed by atoms with van der Waals surface area (Å²) >= 11 is 0. The first-order chi connectivity index (χ1) is 7.64. The molecule has 17 heavy (non-hydrogen) atoms. The predicted octanol–water partition coefficient (Wildman–Crippen LogP) is 1.07. The van der Waals surface area contributed by atoms with E-state index in [-0.39, 0.29) is 18.1 Å². The monoisotopic (exact) mass is 245 g/mol. The SMILES string of the molecule is C[C@@H](OC(=O)C(=O)OCCN(C)C)C(C)(C)C. The van der Waals surface area contributed by atoms with E-state index in [9.17, 15) is 9.59 Å². The zero-order valence-corrected chi connectivity index (χ0v) is 11.6. The molecule has 100 valence electrons. The molecule has 0 fully saturated rings. The lowest BCUT2D eigenvalue weighted by Crippen LogP contribution is -2.33. The Morgan fingerprint density at radius 3 is 2.12 bits per heavy atom. The van der Waals surface area contributed by atoms with Crippen LogP contribution >= 0.6 is 0 Å². The van der Waals surface area contributed by atoms with E-state index in [0.717, 1.165) is 0 Å². The summed E-state index contributed by atoms with van der Waals surface area (Å²) in [6, 6.07) is 0. The minimum atomic E-state index is -0.928. The molecule has 0 amide bonds. The molecule has 0 unspecified atom stereocenters. The smallest absolute Gasteiger partial charge is 0.417 e. The zero-order chi connectivity index (χ0) is 13.6. The van der Waals surface area contributed by atoms with Crippen molar-refractivity contribution in [3.8, 4) is 0 Å². The van der Waals surface area contributed by atoms with Crippen molar-refractivity contribution in [2.24, 2.45) is 5.41 Å². The van der Waals surface area contributed by atoms with E-state index in [2.05, 4.69) is 0 Å². The van der Waals surface area contributed by atoms with Gasteiger partial charge >= 0.3 is 11.9 Å². The van der Waals surface area contributed by atoms with Gasteiger partial charge in [0.25, 0.3) is 0 Å². The highest BCUT2D eigenvalue weighted by atomic mass is 16.6. The first-order valence-corrected chi connectivity index (χ1v) is 5.67. The minimum Gasteiger partial charge on any atom is -0.456 e. The van der Waals surface area contributed by atoms with E-state index < -0.39 is 11.9 Å². The van der Waals surface area contributed by atoms with E-state index >= 15 is 0 Å². The third-order valence-corrected chi connectivity index (χ3v) is 2.44. The van der Waals surface area contributed by atoms with E-state index in [1.807, 2.05) is 39.8 Å². The second-order valence-electron chi connectivity index (χ2n) is 5.35. The Bertz CT molecular complexity index is 268. The van der Waals surface area contributed by atoms with Gasteiger partial charge in [0.05, 0.1) is 0 Å². The van der Waals surface area contributed by atoms with Crippen LogP contribution in [0.5, 0.6) is 0 Å². The maximum absolute atomic E-state index is 11.4. The van der Waals surface area contributed by atoms with Gasteiger partial charge in [-0.1, -0.05) is 20.8 Å².